The molecule has 0 spiro atoms. The summed E-state index contributed by atoms with van der Waals surface area (Å²) in [6.07, 6.45) is 2.51. The predicted octanol–water partition coefficient (Wildman–Crippen LogP) is 0.408. The molecule has 2 aromatic heterocycles. The third kappa shape index (κ3) is 2.80. The van der Waals surface area contributed by atoms with Crippen molar-refractivity contribution < 1.29 is 9.84 Å². The number of hydrogen-bond donors (Lipinski definition) is 1. The lowest BCUT2D eigenvalue weighted by atomic mass is 9.96. The summed E-state index contributed by atoms with van der Waals surface area (Å²) in [7, 11) is 1.62. The van der Waals surface area contributed by atoms with Crippen molar-refractivity contribution in [3.63, 3.8) is 0 Å². The number of ether oxygens (including phenoxy) is 1. The number of fused-ring (bicyclic) bond motifs is 1. The van der Waals surface area contributed by atoms with E-state index in [1.165, 1.54) is 9.13 Å². The molecule has 1 fully saturated rings. The summed E-state index contributed by atoms with van der Waals surface area (Å²) >= 11 is 0. The van der Waals surface area contributed by atoms with E-state index in [1.807, 2.05) is 13.8 Å². The average molecular weight is 336 g/mol. The van der Waals surface area contributed by atoms with E-state index in [0.717, 1.165) is 0 Å². The van der Waals surface area contributed by atoms with Crippen molar-refractivity contribution >= 4 is 11.2 Å². The summed E-state index contributed by atoms with van der Waals surface area (Å²) in [6.45, 7) is 6.03. The fraction of sp³-hybridized carbons (Fsp3) is 0.688. The van der Waals surface area contributed by atoms with Crippen molar-refractivity contribution in [2.75, 3.05) is 6.61 Å². The van der Waals surface area contributed by atoms with Gasteiger partial charge in [0.2, 0.25) is 0 Å². The average Bonchev–Trinajstić information content (AvgIpc) is 2.96. The third-order valence-electron chi connectivity index (χ3n) is 4.64. The highest BCUT2D eigenvalue weighted by Crippen LogP contribution is 2.23. The first-order valence-corrected chi connectivity index (χ1v) is 8.21. The van der Waals surface area contributed by atoms with Gasteiger partial charge in [-0.2, -0.15) is 0 Å². The fourth-order valence-electron chi connectivity index (χ4n) is 3.11. The number of hydrogen-bond acceptors (Lipinski definition) is 5. The van der Waals surface area contributed by atoms with Gasteiger partial charge in [0.05, 0.1) is 31.2 Å². The Labute approximate surface area is 139 Å². The molecule has 24 heavy (non-hydrogen) atoms. The highest BCUT2D eigenvalue weighted by Gasteiger charge is 2.30. The molecule has 0 bridgehead atoms. The van der Waals surface area contributed by atoms with Crippen LogP contribution < -0.4 is 11.2 Å². The molecule has 0 aromatic carbocycles. The topological polar surface area (TPSA) is 91.3 Å². The van der Waals surface area contributed by atoms with Crippen LogP contribution in [0.3, 0.4) is 0 Å². The molecule has 3 rings (SSSR count). The zero-order valence-corrected chi connectivity index (χ0v) is 14.5. The molecule has 1 aliphatic heterocycles. The quantitative estimate of drug-likeness (QED) is 0.876. The maximum absolute atomic E-state index is 12.9. The molecule has 1 N–H and O–H groups in total. The summed E-state index contributed by atoms with van der Waals surface area (Å²) in [5.74, 6) is 0. The second-order valence-electron chi connectivity index (χ2n) is 7.14. The Hall–Kier alpha value is -1.93. The molecule has 0 amide bonds. The molecule has 3 heterocycles. The summed E-state index contributed by atoms with van der Waals surface area (Å²) in [5.41, 5.74) is -0.771. The Morgan fingerprint density at radius 2 is 2.17 bits per heavy atom. The molecular formula is C16H24N4O4. The standard InChI is InChI=1S/C16H24N4O4/c1-10(2)20-9-17-13-12(20)14(21)19(15(22)18(13)4)7-11-5-6-16(3,23)8-24-11/h9-11,23H,5-8H2,1-4H3. The molecule has 8 nitrogen and oxygen atoms in total. The molecule has 2 unspecified atom stereocenters. The molecule has 0 radical (unpaired) electrons. The first-order chi connectivity index (χ1) is 11.2. The minimum Gasteiger partial charge on any atom is -0.388 e. The van der Waals surface area contributed by atoms with Crippen molar-refractivity contribution in [1.82, 2.24) is 18.7 Å². The number of aliphatic hydroxyl groups is 1. The second-order valence-corrected chi connectivity index (χ2v) is 7.14. The fourth-order valence-corrected chi connectivity index (χ4v) is 3.11. The molecule has 8 heteroatoms. The van der Waals surface area contributed by atoms with Crippen LogP contribution in [0.15, 0.2) is 15.9 Å². The van der Waals surface area contributed by atoms with Crippen LogP contribution in [0.1, 0.15) is 39.7 Å². The van der Waals surface area contributed by atoms with Crippen molar-refractivity contribution in [3.8, 4) is 0 Å². The molecule has 0 saturated carbocycles. The first kappa shape index (κ1) is 16.9. The molecule has 2 aromatic rings. The Balaban J connectivity index is 2.04. The minimum absolute atomic E-state index is 0.0645. The van der Waals surface area contributed by atoms with E-state index < -0.39 is 11.3 Å². The van der Waals surface area contributed by atoms with Gasteiger partial charge in [-0.15, -0.1) is 0 Å². The minimum atomic E-state index is -0.841. The van der Waals surface area contributed by atoms with E-state index in [-0.39, 0.29) is 30.9 Å². The number of rotatable bonds is 3. The van der Waals surface area contributed by atoms with Crippen molar-refractivity contribution in [1.29, 1.82) is 0 Å². The smallest absolute Gasteiger partial charge is 0.332 e. The van der Waals surface area contributed by atoms with Crippen molar-refractivity contribution in [2.45, 2.75) is 57.9 Å². The molecule has 132 valence electrons. The van der Waals surface area contributed by atoms with Crippen LogP contribution in [-0.2, 0) is 18.3 Å². The summed E-state index contributed by atoms with van der Waals surface area (Å²) in [6, 6.07) is 0.0645. The van der Waals surface area contributed by atoms with Gasteiger partial charge in [0.25, 0.3) is 5.56 Å². The highest BCUT2D eigenvalue weighted by molar-refractivity contribution is 5.70. The van der Waals surface area contributed by atoms with Crippen LogP contribution in [0.5, 0.6) is 0 Å². The van der Waals surface area contributed by atoms with E-state index in [4.69, 9.17) is 4.74 Å². The number of aryl methyl sites for hydroxylation is 1. The van der Waals surface area contributed by atoms with E-state index in [1.54, 1.807) is 24.9 Å². The van der Waals surface area contributed by atoms with Crippen LogP contribution in [0.25, 0.3) is 11.2 Å². The van der Waals surface area contributed by atoms with Crippen LogP contribution in [0.4, 0.5) is 0 Å². The normalized spacial score (nSPS) is 24.8. The van der Waals surface area contributed by atoms with Crippen LogP contribution in [0, 0.1) is 0 Å². The first-order valence-electron chi connectivity index (χ1n) is 8.21. The second kappa shape index (κ2) is 5.86. The summed E-state index contributed by atoms with van der Waals surface area (Å²) in [4.78, 5) is 29.6. The SMILES string of the molecule is CC(C)n1cnc2c1c(=O)n(CC1CCC(C)(O)CO1)c(=O)n2C. The van der Waals surface area contributed by atoms with Gasteiger partial charge in [-0.3, -0.25) is 13.9 Å². The van der Waals surface area contributed by atoms with Gasteiger partial charge in [-0.1, -0.05) is 0 Å². The predicted molar refractivity (Wildman–Crippen MR) is 89.2 cm³/mol. The van der Waals surface area contributed by atoms with Gasteiger partial charge in [-0.25, -0.2) is 9.78 Å². The van der Waals surface area contributed by atoms with Gasteiger partial charge in [0, 0.05) is 13.1 Å². The largest absolute Gasteiger partial charge is 0.388 e. The monoisotopic (exact) mass is 336 g/mol. The molecule has 1 aliphatic rings. The van der Waals surface area contributed by atoms with E-state index in [2.05, 4.69) is 4.98 Å². The lowest BCUT2D eigenvalue weighted by Gasteiger charge is -2.33. The van der Waals surface area contributed by atoms with Crippen LogP contribution in [0.2, 0.25) is 0 Å². The Bertz CT molecular complexity index is 865. The van der Waals surface area contributed by atoms with E-state index >= 15 is 0 Å². The number of nitrogens with zero attached hydrogens (tertiary/aromatic N) is 4. The Morgan fingerprint density at radius 1 is 1.46 bits per heavy atom. The maximum atomic E-state index is 12.9. The van der Waals surface area contributed by atoms with Crippen molar-refractivity contribution in [3.05, 3.63) is 27.2 Å². The van der Waals surface area contributed by atoms with E-state index in [9.17, 15) is 14.7 Å². The van der Waals surface area contributed by atoms with E-state index in [0.29, 0.717) is 24.0 Å². The van der Waals surface area contributed by atoms with Crippen LogP contribution >= 0.6 is 0 Å². The highest BCUT2D eigenvalue weighted by atomic mass is 16.5. The zero-order chi connectivity index (χ0) is 17.6. The molecule has 0 aliphatic carbocycles. The van der Waals surface area contributed by atoms with Crippen LogP contribution in [-0.4, -0.2) is 42.1 Å². The summed E-state index contributed by atoms with van der Waals surface area (Å²) < 4.78 is 10.0. The Morgan fingerprint density at radius 3 is 2.75 bits per heavy atom. The Kier molecular flexibility index (Phi) is 4.13. The van der Waals surface area contributed by atoms with Gasteiger partial charge in [-0.05, 0) is 33.6 Å². The molecule has 2 atom stereocenters. The lowest BCUT2D eigenvalue weighted by molar-refractivity contribution is -0.113. The molecule has 1 saturated heterocycles. The number of aromatic nitrogens is 4. The van der Waals surface area contributed by atoms with Gasteiger partial charge >= 0.3 is 5.69 Å². The zero-order valence-electron chi connectivity index (χ0n) is 14.5. The van der Waals surface area contributed by atoms with Gasteiger partial charge in [0.1, 0.15) is 0 Å². The van der Waals surface area contributed by atoms with Gasteiger partial charge < -0.3 is 14.4 Å². The number of imidazole rings is 1. The van der Waals surface area contributed by atoms with Crippen molar-refractivity contribution in [2.24, 2.45) is 7.05 Å². The lowest BCUT2D eigenvalue weighted by Crippen LogP contribution is -2.46. The summed E-state index contributed by atoms with van der Waals surface area (Å²) in [5, 5.41) is 9.95. The molecular weight excluding hydrogens is 312 g/mol. The maximum Gasteiger partial charge on any atom is 0.332 e. The third-order valence-corrected chi connectivity index (χ3v) is 4.64. The van der Waals surface area contributed by atoms with Gasteiger partial charge in [0.15, 0.2) is 11.2 Å².